The Hall–Kier alpha value is -0.160. The maximum absolute atomic E-state index is 9.38. The summed E-state index contributed by atoms with van der Waals surface area (Å²) in [5.74, 6) is -0.142. The monoisotopic (exact) mass is 178 g/mol. The molecule has 0 aromatic rings. The topological polar surface area (TPSA) is 80.9 Å². The van der Waals surface area contributed by atoms with Crippen LogP contribution in [0.2, 0.25) is 0 Å². The molecule has 0 aliphatic carbocycles. The van der Waals surface area contributed by atoms with Crippen LogP contribution in [0.15, 0.2) is 0 Å². The molecule has 0 spiro atoms. The molecule has 12 heavy (non-hydrogen) atoms. The third-order valence-corrected chi connectivity index (χ3v) is 1.99. The first-order chi connectivity index (χ1) is 5.63. The van der Waals surface area contributed by atoms with Crippen LogP contribution in [0.1, 0.15) is 19.8 Å². The maximum Gasteiger partial charge on any atom is 0.0826 e. The number of hydrogen-bond acceptors (Lipinski definition) is 4. The first kappa shape index (κ1) is 11.8. The largest absolute Gasteiger partial charge is 0.396 e. The van der Waals surface area contributed by atoms with E-state index in [9.17, 15) is 10.2 Å². The average Bonchev–Trinajstić information content (AvgIpc) is 2.04. The lowest BCUT2D eigenvalue weighted by Crippen LogP contribution is -2.33. The number of aliphatic hydroxyl groups excluding tert-OH is 4. The fourth-order valence-corrected chi connectivity index (χ4v) is 1.06. The Labute approximate surface area is 72.5 Å². The fraction of sp³-hybridized carbons (Fsp3) is 1.00. The highest BCUT2D eigenvalue weighted by atomic mass is 16.3. The Morgan fingerprint density at radius 1 is 1.00 bits per heavy atom. The van der Waals surface area contributed by atoms with E-state index in [1.807, 2.05) is 0 Å². The van der Waals surface area contributed by atoms with E-state index in [0.717, 1.165) is 0 Å². The summed E-state index contributed by atoms with van der Waals surface area (Å²) in [7, 11) is 0. The van der Waals surface area contributed by atoms with Crippen molar-refractivity contribution in [2.24, 2.45) is 5.92 Å². The summed E-state index contributed by atoms with van der Waals surface area (Å²) >= 11 is 0. The molecule has 0 aliphatic heterocycles. The molecule has 3 atom stereocenters. The molecule has 2 unspecified atom stereocenters. The van der Waals surface area contributed by atoms with E-state index in [-0.39, 0.29) is 25.6 Å². The third kappa shape index (κ3) is 4.01. The molecule has 0 bridgehead atoms. The second-order valence-electron chi connectivity index (χ2n) is 3.06. The van der Waals surface area contributed by atoms with Gasteiger partial charge in [0.25, 0.3) is 0 Å². The Kier molecular flexibility index (Phi) is 6.28. The van der Waals surface area contributed by atoms with E-state index in [0.29, 0.717) is 6.42 Å². The molecule has 0 fully saturated rings. The van der Waals surface area contributed by atoms with Gasteiger partial charge in [0, 0.05) is 13.2 Å². The molecule has 0 saturated carbocycles. The minimum absolute atomic E-state index is 0.00404. The van der Waals surface area contributed by atoms with Gasteiger partial charge in [-0.25, -0.2) is 0 Å². The van der Waals surface area contributed by atoms with Gasteiger partial charge in [0.05, 0.1) is 12.2 Å². The Morgan fingerprint density at radius 3 is 1.92 bits per heavy atom. The van der Waals surface area contributed by atoms with Gasteiger partial charge in [-0.15, -0.1) is 0 Å². The molecule has 0 aromatic carbocycles. The van der Waals surface area contributed by atoms with Crippen molar-refractivity contribution in [1.82, 2.24) is 0 Å². The first-order valence-corrected chi connectivity index (χ1v) is 4.21. The lowest BCUT2D eigenvalue weighted by molar-refractivity contribution is -0.0282. The Balaban J connectivity index is 3.73. The lowest BCUT2D eigenvalue weighted by Gasteiger charge is -2.22. The van der Waals surface area contributed by atoms with E-state index in [4.69, 9.17) is 10.2 Å². The van der Waals surface area contributed by atoms with Gasteiger partial charge in [0.15, 0.2) is 0 Å². The molecule has 0 radical (unpaired) electrons. The maximum atomic E-state index is 9.38. The summed E-state index contributed by atoms with van der Waals surface area (Å²) in [6.07, 6.45) is -1.11. The summed E-state index contributed by atoms with van der Waals surface area (Å²) in [6.45, 7) is 1.62. The van der Waals surface area contributed by atoms with Gasteiger partial charge in [-0.3, -0.25) is 0 Å². The van der Waals surface area contributed by atoms with Crippen molar-refractivity contribution in [3.05, 3.63) is 0 Å². The van der Waals surface area contributed by atoms with Gasteiger partial charge in [0.1, 0.15) is 0 Å². The second-order valence-corrected chi connectivity index (χ2v) is 3.06. The fourth-order valence-electron chi connectivity index (χ4n) is 1.06. The van der Waals surface area contributed by atoms with Crippen LogP contribution in [-0.2, 0) is 0 Å². The van der Waals surface area contributed by atoms with Crippen LogP contribution in [0.25, 0.3) is 0 Å². The second kappa shape index (κ2) is 6.37. The number of aliphatic hydroxyl groups is 4. The highest BCUT2D eigenvalue weighted by Gasteiger charge is 2.21. The number of hydrogen-bond donors (Lipinski definition) is 4. The summed E-state index contributed by atoms with van der Waals surface area (Å²) < 4.78 is 0. The zero-order valence-corrected chi connectivity index (χ0v) is 7.35. The van der Waals surface area contributed by atoms with Crippen molar-refractivity contribution in [3.8, 4) is 0 Å². The molecule has 0 heterocycles. The van der Waals surface area contributed by atoms with Gasteiger partial charge in [-0.2, -0.15) is 0 Å². The number of rotatable bonds is 6. The molecular formula is C8H18O4. The van der Waals surface area contributed by atoms with E-state index in [2.05, 4.69) is 0 Å². The smallest absolute Gasteiger partial charge is 0.0826 e. The van der Waals surface area contributed by atoms with Crippen LogP contribution < -0.4 is 0 Å². The average molecular weight is 178 g/mol. The molecule has 0 aromatic heterocycles. The molecular weight excluding hydrogens is 160 g/mol. The third-order valence-electron chi connectivity index (χ3n) is 1.99. The zero-order valence-electron chi connectivity index (χ0n) is 7.35. The summed E-state index contributed by atoms with van der Waals surface area (Å²) in [6, 6.07) is 0. The Morgan fingerprint density at radius 2 is 1.50 bits per heavy atom. The summed E-state index contributed by atoms with van der Waals surface area (Å²) in [4.78, 5) is 0. The van der Waals surface area contributed by atoms with Crippen LogP contribution in [0.4, 0.5) is 0 Å². The molecule has 74 valence electrons. The molecule has 4 heteroatoms. The van der Waals surface area contributed by atoms with Crippen molar-refractivity contribution >= 4 is 0 Å². The predicted molar refractivity (Wildman–Crippen MR) is 44.6 cm³/mol. The summed E-state index contributed by atoms with van der Waals surface area (Å²) in [5, 5.41) is 35.6. The quantitative estimate of drug-likeness (QED) is 0.425. The van der Waals surface area contributed by atoms with Crippen molar-refractivity contribution in [3.63, 3.8) is 0 Å². The van der Waals surface area contributed by atoms with Crippen molar-refractivity contribution in [2.45, 2.75) is 32.0 Å². The SMILES string of the molecule is C[C@@H](CCO)C(O)C(O)CCO. The van der Waals surface area contributed by atoms with Crippen LogP contribution in [0.3, 0.4) is 0 Å². The van der Waals surface area contributed by atoms with E-state index in [1.54, 1.807) is 6.92 Å². The van der Waals surface area contributed by atoms with Crippen molar-refractivity contribution < 1.29 is 20.4 Å². The molecule has 0 aliphatic rings. The lowest BCUT2D eigenvalue weighted by atomic mass is 9.95. The van der Waals surface area contributed by atoms with E-state index >= 15 is 0 Å². The molecule has 4 N–H and O–H groups in total. The highest BCUT2D eigenvalue weighted by Crippen LogP contribution is 2.12. The van der Waals surface area contributed by atoms with E-state index < -0.39 is 12.2 Å². The van der Waals surface area contributed by atoms with Gasteiger partial charge in [-0.1, -0.05) is 6.92 Å². The molecule has 0 saturated heterocycles. The minimum Gasteiger partial charge on any atom is -0.396 e. The molecule has 0 amide bonds. The highest BCUT2D eigenvalue weighted by molar-refractivity contribution is 4.72. The van der Waals surface area contributed by atoms with Gasteiger partial charge < -0.3 is 20.4 Å². The zero-order chi connectivity index (χ0) is 9.56. The Bertz CT molecular complexity index is 95.2. The summed E-state index contributed by atoms with van der Waals surface area (Å²) in [5.41, 5.74) is 0. The van der Waals surface area contributed by atoms with Crippen LogP contribution in [0.5, 0.6) is 0 Å². The van der Waals surface area contributed by atoms with Crippen LogP contribution >= 0.6 is 0 Å². The predicted octanol–water partition coefficient (Wildman–Crippen LogP) is -0.891. The van der Waals surface area contributed by atoms with E-state index in [1.165, 1.54) is 0 Å². The minimum atomic E-state index is -0.892. The first-order valence-electron chi connectivity index (χ1n) is 4.21. The van der Waals surface area contributed by atoms with Crippen LogP contribution in [0, 0.1) is 5.92 Å². The molecule has 4 nitrogen and oxygen atoms in total. The van der Waals surface area contributed by atoms with Gasteiger partial charge in [-0.05, 0) is 18.8 Å². The molecule has 0 rings (SSSR count). The normalized spacial score (nSPS) is 18.8. The van der Waals surface area contributed by atoms with Crippen LogP contribution in [-0.4, -0.2) is 45.8 Å². The van der Waals surface area contributed by atoms with Gasteiger partial charge in [0.2, 0.25) is 0 Å². The van der Waals surface area contributed by atoms with Crippen molar-refractivity contribution in [2.75, 3.05) is 13.2 Å². The standard InChI is InChI=1S/C8H18O4/c1-6(2-4-9)8(12)7(11)3-5-10/h6-12H,2-5H2,1H3/t6-,7?,8?/m0/s1. The van der Waals surface area contributed by atoms with Gasteiger partial charge >= 0.3 is 0 Å². The van der Waals surface area contributed by atoms with Crippen molar-refractivity contribution in [1.29, 1.82) is 0 Å².